The third-order valence-electron chi connectivity index (χ3n) is 3.52. The molecule has 4 heteroatoms. The maximum absolute atomic E-state index is 4.59. The van der Waals surface area contributed by atoms with Crippen LogP contribution in [0.5, 0.6) is 0 Å². The van der Waals surface area contributed by atoms with Gasteiger partial charge in [0.2, 0.25) is 0 Å². The van der Waals surface area contributed by atoms with Gasteiger partial charge in [-0.1, -0.05) is 24.3 Å². The molecule has 1 aliphatic rings. The fourth-order valence-electron chi connectivity index (χ4n) is 2.62. The van der Waals surface area contributed by atoms with Crippen molar-refractivity contribution < 1.29 is 0 Å². The number of para-hydroxylation sites is 1. The summed E-state index contributed by atoms with van der Waals surface area (Å²) in [6.07, 6.45) is 1.89. The van der Waals surface area contributed by atoms with Gasteiger partial charge in [0, 0.05) is 40.1 Å². The van der Waals surface area contributed by atoms with Crippen LogP contribution in [-0.4, -0.2) is 34.5 Å². The average molecular weight is 290 g/mol. The molecule has 2 aromatic rings. The van der Waals surface area contributed by atoms with Crippen LogP contribution >= 0.6 is 23.5 Å². The lowest BCUT2D eigenvalue weighted by Crippen LogP contribution is -2.31. The quantitative estimate of drug-likeness (QED) is 0.937. The number of rotatable bonds is 3. The molecule has 3 rings (SSSR count). The third-order valence-corrected chi connectivity index (χ3v) is 6.39. The van der Waals surface area contributed by atoms with Crippen LogP contribution in [0.4, 0.5) is 0 Å². The van der Waals surface area contributed by atoms with E-state index in [1.54, 1.807) is 0 Å². The van der Waals surface area contributed by atoms with E-state index in [9.17, 15) is 0 Å². The van der Waals surface area contributed by atoms with Gasteiger partial charge >= 0.3 is 0 Å². The highest BCUT2D eigenvalue weighted by molar-refractivity contribution is 8.06. The maximum atomic E-state index is 4.59. The van der Waals surface area contributed by atoms with Crippen LogP contribution < -0.4 is 5.32 Å². The second-order valence-electron chi connectivity index (χ2n) is 4.67. The second kappa shape index (κ2) is 6.16. The first kappa shape index (κ1) is 13.3. The Hall–Kier alpha value is -0.710. The summed E-state index contributed by atoms with van der Waals surface area (Å²) in [5.41, 5.74) is 2.47. The molecule has 0 spiro atoms. The van der Waals surface area contributed by atoms with E-state index in [-0.39, 0.29) is 0 Å². The van der Waals surface area contributed by atoms with Crippen molar-refractivity contribution in [2.45, 2.75) is 11.3 Å². The molecule has 0 saturated carbocycles. The van der Waals surface area contributed by atoms with Crippen LogP contribution in [-0.2, 0) is 0 Å². The molecule has 0 amide bonds. The van der Waals surface area contributed by atoms with Crippen molar-refractivity contribution in [1.29, 1.82) is 0 Å². The van der Waals surface area contributed by atoms with E-state index in [1.807, 2.05) is 12.3 Å². The van der Waals surface area contributed by atoms with Crippen molar-refractivity contribution in [3.8, 4) is 0 Å². The molecule has 1 aromatic heterocycles. The molecular weight excluding hydrogens is 272 g/mol. The Morgan fingerprint density at radius 3 is 2.95 bits per heavy atom. The summed E-state index contributed by atoms with van der Waals surface area (Å²) in [6.45, 7) is 0. The largest absolute Gasteiger partial charge is 0.312 e. The molecule has 100 valence electrons. The summed E-state index contributed by atoms with van der Waals surface area (Å²) in [4.78, 5) is 4.59. The minimum absolute atomic E-state index is 0.386. The number of nitrogens with zero attached hydrogens (tertiary/aromatic N) is 1. The molecule has 1 aliphatic heterocycles. The smallest absolute Gasteiger partial charge is 0.0750 e. The van der Waals surface area contributed by atoms with Gasteiger partial charge < -0.3 is 5.32 Å². The topological polar surface area (TPSA) is 24.9 Å². The van der Waals surface area contributed by atoms with E-state index >= 15 is 0 Å². The normalized spacial score (nSPS) is 21.4. The molecule has 2 unspecified atom stereocenters. The van der Waals surface area contributed by atoms with Crippen LogP contribution in [0.25, 0.3) is 10.9 Å². The van der Waals surface area contributed by atoms with E-state index in [2.05, 4.69) is 65.1 Å². The lowest BCUT2D eigenvalue weighted by Gasteiger charge is -2.30. The molecule has 1 saturated heterocycles. The van der Waals surface area contributed by atoms with E-state index in [0.717, 1.165) is 5.52 Å². The molecule has 0 aliphatic carbocycles. The van der Waals surface area contributed by atoms with Crippen molar-refractivity contribution in [3.63, 3.8) is 0 Å². The molecule has 1 fully saturated rings. The van der Waals surface area contributed by atoms with Crippen LogP contribution in [0.2, 0.25) is 0 Å². The number of fused-ring (bicyclic) bond motifs is 1. The zero-order valence-electron chi connectivity index (χ0n) is 11.0. The highest BCUT2D eigenvalue weighted by Crippen LogP contribution is 2.35. The van der Waals surface area contributed by atoms with Gasteiger partial charge in [0.15, 0.2) is 0 Å². The predicted molar refractivity (Wildman–Crippen MR) is 87.1 cm³/mol. The SMILES string of the molecule is CNC(c1cccc2cccnc12)C1CSCCS1. The van der Waals surface area contributed by atoms with E-state index in [4.69, 9.17) is 0 Å². The summed E-state index contributed by atoms with van der Waals surface area (Å²) in [7, 11) is 2.06. The van der Waals surface area contributed by atoms with Gasteiger partial charge in [0.05, 0.1) is 5.52 Å². The molecule has 2 nitrogen and oxygen atoms in total. The van der Waals surface area contributed by atoms with Crippen LogP contribution in [0.15, 0.2) is 36.5 Å². The molecule has 2 atom stereocenters. The average Bonchev–Trinajstić information content (AvgIpc) is 2.49. The Labute approximate surface area is 122 Å². The second-order valence-corrected chi connectivity index (χ2v) is 7.17. The summed E-state index contributed by atoms with van der Waals surface area (Å²) >= 11 is 4.15. The third kappa shape index (κ3) is 2.76. The maximum Gasteiger partial charge on any atom is 0.0750 e. The zero-order chi connectivity index (χ0) is 13.1. The summed E-state index contributed by atoms with van der Waals surface area (Å²) in [5, 5.41) is 5.37. The fraction of sp³-hybridized carbons (Fsp3) is 0.400. The first-order chi connectivity index (χ1) is 9.40. The molecule has 1 aromatic carbocycles. The van der Waals surface area contributed by atoms with Crippen LogP contribution in [0.3, 0.4) is 0 Å². The van der Waals surface area contributed by atoms with Crippen molar-refractivity contribution in [2.24, 2.45) is 0 Å². The zero-order valence-corrected chi connectivity index (χ0v) is 12.6. The number of thioether (sulfide) groups is 2. The highest BCUT2D eigenvalue weighted by atomic mass is 32.2. The summed E-state index contributed by atoms with van der Waals surface area (Å²) in [5.74, 6) is 3.76. The monoisotopic (exact) mass is 290 g/mol. The number of nitrogens with one attached hydrogen (secondary N) is 1. The first-order valence-corrected chi connectivity index (χ1v) is 8.81. The minimum atomic E-state index is 0.386. The Kier molecular flexibility index (Phi) is 4.31. The molecular formula is C15H18N2S2. The van der Waals surface area contributed by atoms with Gasteiger partial charge in [-0.2, -0.15) is 23.5 Å². The van der Waals surface area contributed by atoms with Crippen molar-refractivity contribution in [1.82, 2.24) is 10.3 Å². The van der Waals surface area contributed by atoms with Gasteiger partial charge in [0.25, 0.3) is 0 Å². The van der Waals surface area contributed by atoms with E-state index < -0.39 is 0 Å². The molecule has 19 heavy (non-hydrogen) atoms. The van der Waals surface area contributed by atoms with Crippen LogP contribution in [0, 0.1) is 0 Å². The van der Waals surface area contributed by atoms with Crippen molar-refractivity contribution in [3.05, 3.63) is 42.1 Å². The predicted octanol–water partition coefficient (Wildman–Crippen LogP) is 3.34. The molecule has 1 N–H and O–H groups in total. The highest BCUT2D eigenvalue weighted by Gasteiger charge is 2.26. The number of pyridine rings is 1. The van der Waals surface area contributed by atoms with Crippen LogP contribution in [0.1, 0.15) is 11.6 Å². The number of benzene rings is 1. The van der Waals surface area contributed by atoms with Crippen molar-refractivity contribution in [2.75, 3.05) is 24.3 Å². The number of aromatic nitrogens is 1. The summed E-state index contributed by atoms with van der Waals surface area (Å²) < 4.78 is 0. The van der Waals surface area contributed by atoms with Gasteiger partial charge in [-0.25, -0.2) is 0 Å². The van der Waals surface area contributed by atoms with E-state index in [0.29, 0.717) is 11.3 Å². The minimum Gasteiger partial charge on any atom is -0.312 e. The van der Waals surface area contributed by atoms with Crippen molar-refractivity contribution >= 4 is 34.4 Å². The number of hydrogen-bond donors (Lipinski definition) is 1. The Bertz CT molecular complexity index is 547. The van der Waals surface area contributed by atoms with Gasteiger partial charge in [-0.3, -0.25) is 4.98 Å². The van der Waals surface area contributed by atoms with E-state index in [1.165, 1.54) is 28.2 Å². The lowest BCUT2D eigenvalue weighted by atomic mass is 10.0. The van der Waals surface area contributed by atoms with Gasteiger partial charge in [0.1, 0.15) is 0 Å². The van der Waals surface area contributed by atoms with Gasteiger partial charge in [-0.05, 0) is 18.7 Å². The molecule has 2 heterocycles. The first-order valence-electron chi connectivity index (χ1n) is 6.60. The summed E-state index contributed by atoms with van der Waals surface area (Å²) in [6, 6.07) is 11.0. The number of hydrogen-bond acceptors (Lipinski definition) is 4. The molecule has 0 bridgehead atoms. The Morgan fingerprint density at radius 1 is 1.26 bits per heavy atom. The fourth-order valence-corrected chi connectivity index (χ4v) is 5.52. The van der Waals surface area contributed by atoms with Gasteiger partial charge in [-0.15, -0.1) is 0 Å². The standard InChI is InChI=1S/C15H18N2S2/c1-16-15(13-10-18-8-9-19-13)12-6-2-4-11-5-3-7-17-14(11)12/h2-7,13,15-16H,8-10H2,1H3. The Morgan fingerprint density at radius 2 is 2.16 bits per heavy atom. The lowest BCUT2D eigenvalue weighted by molar-refractivity contribution is 0.595. The molecule has 0 radical (unpaired) electrons. The Balaban J connectivity index is 2.00.